The van der Waals surface area contributed by atoms with Gasteiger partial charge in [0.2, 0.25) is 5.91 Å². The lowest BCUT2D eigenvalue weighted by molar-refractivity contribution is -0.305. The Labute approximate surface area is 536 Å². The van der Waals surface area contributed by atoms with E-state index in [9.17, 15) is 35.1 Å². The molecule has 1 rings (SSSR count). The van der Waals surface area contributed by atoms with Gasteiger partial charge in [0, 0.05) is 6.42 Å². The first kappa shape index (κ1) is 81.6. The summed E-state index contributed by atoms with van der Waals surface area (Å²) in [6, 6.07) is -1.05. The van der Waals surface area contributed by atoms with Gasteiger partial charge >= 0.3 is 5.97 Å². The Morgan fingerprint density at radius 1 is 0.455 bits per heavy atom. The van der Waals surface area contributed by atoms with Crippen molar-refractivity contribution in [3.8, 4) is 0 Å². The third-order valence-electron chi connectivity index (χ3n) is 15.5. The monoisotopic (exact) mass is 1230 g/mol. The lowest BCUT2D eigenvalue weighted by Gasteiger charge is -2.41. The second kappa shape index (κ2) is 62.7. The summed E-state index contributed by atoms with van der Waals surface area (Å²) in [6.07, 6.45) is 80.1. The van der Waals surface area contributed by atoms with Gasteiger partial charge in [0.25, 0.3) is 0 Å². The fourth-order valence-electron chi connectivity index (χ4n) is 10.0. The highest BCUT2D eigenvalue weighted by Crippen LogP contribution is 2.26. The van der Waals surface area contributed by atoms with Crippen molar-refractivity contribution in [2.24, 2.45) is 0 Å². The third kappa shape index (κ3) is 49.3. The molecule has 0 aromatic rings. The van der Waals surface area contributed by atoms with Gasteiger partial charge in [0.05, 0.1) is 25.4 Å². The van der Waals surface area contributed by atoms with Crippen LogP contribution >= 0.6 is 0 Å². The van der Waals surface area contributed by atoms with Crippen LogP contribution in [0.5, 0.6) is 0 Å². The van der Waals surface area contributed by atoms with Crippen molar-refractivity contribution in [3.05, 3.63) is 146 Å². The van der Waals surface area contributed by atoms with Crippen LogP contribution in [-0.4, -0.2) is 99.6 Å². The van der Waals surface area contributed by atoms with Crippen molar-refractivity contribution in [2.45, 2.75) is 314 Å². The molecule has 0 aromatic heterocycles. The molecular formula is C77H127NO10. The molecular weight excluding hydrogens is 1100 g/mol. The number of carbonyl (C=O) groups is 2. The molecule has 0 spiro atoms. The van der Waals surface area contributed by atoms with Crippen molar-refractivity contribution in [1.82, 2.24) is 5.32 Å². The Morgan fingerprint density at radius 3 is 1.23 bits per heavy atom. The molecule has 0 aromatic carbocycles. The number of esters is 1. The zero-order valence-corrected chi connectivity index (χ0v) is 55.5. The van der Waals surface area contributed by atoms with Crippen LogP contribution in [0.15, 0.2) is 146 Å². The summed E-state index contributed by atoms with van der Waals surface area (Å²) in [5, 5.41) is 57.2. The fourth-order valence-corrected chi connectivity index (χ4v) is 10.0. The van der Waals surface area contributed by atoms with Crippen LogP contribution in [0, 0.1) is 0 Å². The van der Waals surface area contributed by atoms with E-state index in [0.717, 1.165) is 173 Å². The van der Waals surface area contributed by atoms with Crippen molar-refractivity contribution in [1.29, 1.82) is 0 Å². The molecule has 0 saturated carbocycles. The highest BCUT2D eigenvalue weighted by atomic mass is 16.7. The van der Waals surface area contributed by atoms with Crippen LogP contribution in [0.4, 0.5) is 0 Å². The predicted molar refractivity (Wildman–Crippen MR) is 370 cm³/mol. The van der Waals surface area contributed by atoms with Gasteiger partial charge in [0.15, 0.2) is 12.4 Å². The van der Waals surface area contributed by atoms with Crippen molar-refractivity contribution >= 4 is 11.9 Å². The molecule has 1 aliphatic rings. The summed E-state index contributed by atoms with van der Waals surface area (Å²) in [5.41, 5.74) is 0. The number of hydrogen-bond donors (Lipinski definition) is 6. The molecule has 0 aliphatic carbocycles. The molecule has 6 N–H and O–H groups in total. The zero-order valence-electron chi connectivity index (χ0n) is 55.5. The number of unbranched alkanes of at least 4 members (excludes halogenated alkanes) is 22. The zero-order chi connectivity index (χ0) is 63.9. The number of aliphatic hydroxyl groups is 5. The minimum absolute atomic E-state index is 0.0962. The Hall–Kier alpha value is -4.46. The van der Waals surface area contributed by atoms with E-state index in [1.54, 1.807) is 6.08 Å². The number of hydrogen-bond acceptors (Lipinski definition) is 10. The lowest BCUT2D eigenvalue weighted by atomic mass is 9.99. The molecule has 1 amide bonds. The molecule has 0 radical (unpaired) electrons. The van der Waals surface area contributed by atoms with Crippen molar-refractivity contribution < 1.29 is 49.3 Å². The van der Waals surface area contributed by atoms with E-state index >= 15 is 0 Å². The molecule has 1 heterocycles. The van der Waals surface area contributed by atoms with Crippen LogP contribution in [0.25, 0.3) is 0 Å². The molecule has 8 atom stereocenters. The number of rotatable bonds is 58. The molecule has 0 bridgehead atoms. The summed E-state index contributed by atoms with van der Waals surface area (Å²) < 4.78 is 17.7. The van der Waals surface area contributed by atoms with Crippen molar-refractivity contribution in [2.75, 3.05) is 13.2 Å². The number of carbonyl (C=O) groups excluding carboxylic acids is 2. The second-order valence-electron chi connectivity index (χ2n) is 23.5. The van der Waals surface area contributed by atoms with Crippen molar-refractivity contribution in [3.63, 3.8) is 0 Å². The maximum Gasteiger partial charge on any atom is 0.306 e. The average Bonchev–Trinajstić information content (AvgIpc) is 2.54. The first-order chi connectivity index (χ1) is 43.2. The number of nitrogens with one attached hydrogen (secondary N) is 1. The van der Waals surface area contributed by atoms with Gasteiger partial charge in [-0.3, -0.25) is 9.59 Å². The molecule has 88 heavy (non-hydrogen) atoms. The lowest BCUT2D eigenvalue weighted by Crippen LogP contribution is -2.61. The average molecular weight is 1230 g/mol. The Bertz CT molecular complexity index is 1990. The van der Waals surface area contributed by atoms with Crippen LogP contribution < -0.4 is 5.32 Å². The SMILES string of the molecule is CC/C=C\C/C=C\C/C=C\C/C=C\C/C=C\C/C=C\CCCCCCCCC(=O)OC1C(OCC(NC(=O)C(O)CCCCCCCC/C=C\C/C=C\C/C=C\C/C=C\C/C=C\CC)C(O)/C=C/CCCCCCCCCCCC)OC(CO)C(O)C1O. The summed E-state index contributed by atoms with van der Waals surface area (Å²) in [7, 11) is 0. The summed E-state index contributed by atoms with van der Waals surface area (Å²) in [5.74, 6) is -1.23. The molecule has 8 unspecified atom stereocenters. The highest BCUT2D eigenvalue weighted by Gasteiger charge is 2.47. The van der Waals surface area contributed by atoms with E-state index in [4.69, 9.17) is 14.2 Å². The first-order valence-corrected chi connectivity index (χ1v) is 35.1. The largest absolute Gasteiger partial charge is 0.454 e. The van der Waals surface area contributed by atoms with Crippen LogP contribution in [-0.2, 0) is 23.8 Å². The number of aliphatic hydroxyl groups excluding tert-OH is 5. The summed E-state index contributed by atoms with van der Waals surface area (Å²) in [4.78, 5) is 26.7. The second-order valence-corrected chi connectivity index (χ2v) is 23.5. The third-order valence-corrected chi connectivity index (χ3v) is 15.5. The van der Waals surface area contributed by atoms with Gasteiger partial charge in [-0.25, -0.2) is 0 Å². The van der Waals surface area contributed by atoms with E-state index in [1.807, 2.05) is 6.08 Å². The first-order valence-electron chi connectivity index (χ1n) is 35.1. The summed E-state index contributed by atoms with van der Waals surface area (Å²) in [6.45, 7) is 5.55. The quantitative estimate of drug-likeness (QED) is 0.0195. The molecule has 1 fully saturated rings. The smallest absolute Gasteiger partial charge is 0.306 e. The van der Waals surface area contributed by atoms with E-state index in [-0.39, 0.29) is 19.4 Å². The van der Waals surface area contributed by atoms with Gasteiger partial charge in [-0.15, -0.1) is 0 Å². The number of ether oxygens (including phenoxy) is 3. The summed E-state index contributed by atoms with van der Waals surface area (Å²) >= 11 is 0. The molecule has 500 valence electrons. The van der Waals surface area contributed by atoms with E-state index < -0.39 is 67.4 Å². The van der Waals surface area contributed by atoms with Crippen LogP contribution in [0.2, 0.25) is 0 Å². The normalized spacial score (nSPS) is 19.1. The van der Waals surface area contributed by atoms with E-state index in [0.29, 0.717) is 12.8 Å². The molecule has 1 saturated heterocycles. The van der Waals surface area contributed by atoms with E-state index in [2.05, 4.69) is 160 Å². The Kier molecular flexibility index (Phi) is 58.1. The minimum atomic E-state index is -1.63. The van der Waals surface area contributed by atoms with Gasteiger partial charge in [0.1, 0.15) is 24.4 Å². The molecule has 11 nitrogen and oxygen atoms in total. The van der Waals surface area contributed by atoms with Crippen LogP contribution in [0.3, 0.4) is 0 Å². The van der Waals surface area contributed by atoms with Gasteiger partial charge < -0.3 is 45.1 Å². The number of amides is 1. The van der Waals surface area contributed by atoms with Gasteiger partial charge in [-0.05, 0) is 122 Å². The Balaban J connectivity index is 2.62. The van der Waals surface area contributed by atoms with Crippen LogP contribution in [0.1, 0.15) is 265 Å². The predicted octanol–water partition coefficient (Wildman–Crippen LogP) is 18.1. The van der Waals surface area contributed by atoms with Gasteiger partial charge in [-0.1, -0.05) is 282 Å². The maximum absolute atomic E-state index is 13.5. The van der Waals surface area contributed by atoms with Gasteiger partial charge in [-0.2, -0.15) is 0 Å². The molecule has 11 heteroatoms. The maximum atomic E-state index is 13.5. The number of allylic oxidation sites excluding steroid dienone is 23. The fraction of sp³-hybridized carbons (Fsp3) is 0.662. The highest BCUT2D eigenvalue weighted by molar-refractivity contribution is 5.80. The standard InChI is InChI=1S/C77H127NO10/c1-4-7-10-13-16-19-22-25-27-29-31-33-35-36-37-39-41-43-45-47-50-53-56-59-62-65-72(82)88-75-74(84)73(83)71(66-79)87-77(75)86-67-68(69(80)63-60-57-54-51-48-24-21-18-15-12-9-6-3)78-76(85)70(81)64-61-58-55-52-49-46-44-42-40-38-34-32-30-28-26-23-20-17-14-11-8-5-2/h7-8,10-11,16-17,19-20,25-28,31-34,36-37,40-43,60,63,68-71,73-75,77,79-81,83-84H,4-6,9,12-15,18,21-24,29-30,35,38-39,44-59,61-62,64-67H2,1-3H3,(H,78,85)/b10-7-,11-8-,19-16-,20-17-,27-25-,28-26-,33-31-,34-32-,37-36-,42-40-,43-41-,63-60+. The van der Waals surface area contributed by atoms with E-state index in [1.165, 1.54) is 44.9 Å². The molecule has 1 aliphatic heterocycles. The Morgan fingerprint density at radius 2 is 0.818 bits per heavy atom. The topological polar surface area (TPSA) is 175 Å². The minimum Gasteiger partial charge on any atom is -0.454 e.